The third kappa shape index (κ3) is 31.5. The molecular formula is C38H68O6. The van der Waals surface area contributed by atoms with Crippen LogP contribution in [0.2, 0.25) is 0 Å². The first-order chi connectivity index (χ1) is 21.4. The van der Waals surface area contributed by atoms with Crippen molar-refractivity contribution in [3.05, 3.63) is 36.5 Å². The van der Waals surface area contributed by atoms with Gasteiger partial charge in [-0.2, -0.15) is 0 Å². The van der Waals surface area contributed by atoms with Crippen LogP contribution in [0.3, 0.4) is 0 Å². The molecule has 2 N–H and O–H groups in total. The van der Waals surface area contributed by atoms with Gasteiger partial charge < -0.3 is 19.7 Å². The minimum Gasteiger partial charge on any atom is -0.463 e. The average Bonchev–Trinajstić information content (AvgIpc) is 3.01. The SMILES string of the molecule is CCCCCCCC/C=C/C/C=C/C=C/C(O)CCCC(=O)OC[C@H](O)COC(=O)CCCCCCCCCCC(C)CC. The minimum absolute atomic E-state index is 0.161. The van der Waals surface area contributed by atoms with Crippen molar-refractivity contribution >= 4 is 11.9 Å². The summed E-state index contributed by atoms with van der Waals surface area (Å²) < 4.78 is 10.2. The Bertz CT molecular complexity index is 744. The predicted molar refractivity (Wildman–Crippen MR) is 183 cm³/mol. The molecule has 0 aromatic rings. The van der Waals surface area contributed by atoms with E-state index in [0.29, 0.717) is 19.3 Å². The van der Waals surface area contributed by atoms with E-state index in [1.54, 1.807) is 6.08 Å². The zero-order valence-corrected chi connectivity index (χ0v) is 28.7. The molecule has 0 heterocycles. The highest BCUT2D eigenvalue weighted by atomic mass is 16.6. The van der Waals surface area contributed by atoms with Crippen molar-refractivity contribution in [1.29, 1.82) is 0 Å². The Morgan fingerprint density at radius 3 is 1.84 bits per heavy atom. The molecule has 0 aliphatic heterocycles. The van der Waals surface area contributed by atoms with Crippen molar-refractivity contribution in [1.82, 2.24) is 0 Å². The Morgan fingerprint density at radius 2 is 1.20 bits per heavy atom. The topological polar surface area (TPSA) is 93.1 Å². The van der Waals surface area contributed by atoms with E-state index in [4.69, 9.17) is 9.47 Å². The maximum Gasteiger partial charge on any atom is 0.305 e. The zero-order chi connectivity index (χ0) is 32.5. The summed E-state index contributed by atoms with van der Waals surface area (Å²) in [6.45, 7) is 6.45. The van der Waals surface area contributed by atoms with Crippen LogP contribution < -0.4 is 0 Å². The van der Waals surface area contributed by atoms with E-state index in [1.165, 1.54) is 83.5 Å². The first-order valence-electron chi connectivity index (χ1n) is 18.0. The van der Waals surface area contributed by atoms with Crippen molar-refractivity contribution in [2.24, 2.45) is 5.92 Å². The van der Waals surface area contributed by atoms with Crippen LogP contribution in [0.5, 0.6) is 0 Å². The van der Waals surface area contributed by atoms with Crippen LogP contribution >= 0.6 is 0 Å². The van der Waals surface area contributed by atoms with E-state index < -0.39 is 18.2 Å². The number of aliphatic hydroxyl groups excluding tert-OH is 2. The Kier molecular flexibility index (Phi) is 31.1. The molecule has 6 nitrogen and oxygen atoms in total. The molecule has 0 aliphatic rings. The van der Waals surface area contributed by atoms with Crippen LogP contribution in [0, 0.1) is 5.92 Å². The molecule has 0 saturated carbocycles. The number of rotatable bonds is 31. The third-order valence-corrected chi connectivity index (χ3v) is 8.02. The van der Waals surface area contributed by atoms with E-state index >= 15 is 0 Å². The average molecular weight is 621 g/mol. The molecule has 0 bridgehead atoms. The monoisotopic (exact) mass is 621 g/mol. The zero-order valence-electron chi connectivity index (χ0n) is 28.7. The molecule has 0 aliphatic carbocycles. The maximum atomic E-state index is 11.9. The molecule has 44 heavy (non-hydrogen) atoms. The lowest BCUT2D eigenvalue weighted by molar-refractivity contribution is -0.152. The fraction of sp³-hybridized carbons (Fsp3) is 0.789. The summed E-state index contributed by atoms with van der Waals surface area (Å²) in [5, 5.41) is 20.0. The summed E-state index contributed by atoms with van der Waals surface area (Å²) in [5.41, 5.74) is 0. The smallest absolute Gasteiger partial charge is 0.305 e. The summed E-state index contributed by atoms with van der Waals surface area (Å²) >= 11 is 0. The van der Waals surface area contributed by atoms with Crippen LogP contribution in [0.1, 0.15) is 162 Å². The quantitative estimate of drug-likeness (QED) is 0.0347. The summed E-state index contributed by atoms with van der Waals surface area (Å²) in [7, 11) is 0. The first kappa shape index (κ1) is 42.1. The maximum absolute atomic E-state index is 11.9. The number of carbonyl (C=O) groups excluding carboxylic acids is 2. The highest BCUT2D eigenvalue weighted by Crippen LogP contribution is 2.15. The lowest BCUT2D eigenvalue weighted by Gasteiger charge is -2.12. The summed E-state index contributed by atoms with van der Waals surface area (Å²) in [4.78, 5) is 23.8. The Balaban J connectivity index is 3.66. The predicted octanol–water partition coefficient (Wildman–Crippen LogP) is 9.72. The second-order valence-corrected chi connectivity index (χ2v) is 12.4. The number of aliphatic hydroxyl groups is 2. The lowest BCUT2D eigenvalue weighted by Crippen LogP contribution is -2.25. The van der Waals surface area contributed by atoms with Crippen molar-refractivity contribution in [3.8, 4) is 0 Å². The van der Waals surface area contributed by atoms with Crippen molar-refractivity contribution in [3.63, 3.8) is 0 Å². The van der Waals surface area contributed by atoms with Crippen LogP contribution in [0.15, 0.2) is 36.5 Å². The Labute approximate surface area is 270 Å². The van der Waals surface area contributed by atoms with Gasteiger partial charge in [0, 0.05) is 12.8 Å². The fourth-order valence-electron chi connectivity index (χ4n) is 4.83. The van der Waals surface area contributed by atoms with Crippen LogP contribution in [-0.4, -0.2) is 47.6 Å². The van der Waals surface area contributed by atoms with Crippen molar-refractivity contribution < 1.29 is 29.3 Å². The summed E-state index contributed by atoms with van der Waals surface area (Å²) in [6.07, 6.45) is 33.7. The minimum atomic E-state index is -1.03. The van der Waals surface area contributed by atoms with E-state index in [2.05, 4.69) is 39.0 Å². The van der Waals surface area contributed by atoms with Gasteiger partial charge in [0.2, 0.25) is 0 Å². The second-order valence-electron chi connectivity index (χ2n) is 12.4. The number of hydrogen-bond donors (Lipinski definition) is 2. The second kappa shape index (κ2) is 32.5. The molecule has 3 atom stereocenters. The van der Waals surface area contributed by atoms with Crippen molar-refractivity contribution in [2.75, 3.05) is 13.2 Å². The number of hydrogen-bond acceptors (Lipinski definition) is 6. The van der Waals surface area contributed by atoms with E-state index in [1.807, 2.05) is 12.2 Å². The molecule has 0 fully saturated rings. The molecule has 2 unspecified atom stereocenters. The van der Waals surface area contributed by atoms with E-state index in [9.17, 15) is 19.8 Å². The molecule has 256 valence electrons. The van der Waals surface area contributed by atoms with Gasteiger partial charge in [-0.1, -0.05) is 147 Å². The fourth-order valence-corrected chi connectivity index (χ4v) is 4.83. The molecule has 0 radical (unpaired) electrons. The number of esters is 2. The largest absolute Gasteiger partial charge is 0.463 e. The molecule has 0 aromatic carbocycles. The van der Waals surface area contributed by atoms with Gasteiger partial charge in [-0.05, 0) is 44.4 Å². The third-order valence-electron chi connectivity index (χ3n) is 8.02. The number of carbonyl (C=O) groups is 2. The summed E-state index contributed by atoms with van der Waals surface area (Å²) in [6, 6.07) is 0. The standard InChI is InChI=1S/C38H68O6/c1-4-6-7-8-9-10-11-12-13-14-18-21-24-28-35(39)29-26-31-38(42)44-33-36(40)32-43-37(41)30-25-22-19-16-15-17-20-23-27-34(3)5-2/h12-13,18,21,24,28,34-36,39-40H,4-11,14-17,19-20,22-23,25-27,29-33H2,1-3H3/b13-12+,21-18+,28-24+/t34?,35?,36-/m1/s1. The van der Waals surface area contributed by atoms with Crippen LogP contribution in [0.4, 0.5) is 0 Å². The highest BCUT2D eigenvalue weighted by molar-refractivity contribution is 5.69. The number of allylic oxidation sites excluding steroid dienone is 5. The summed E-state index contributed by atoms with van der Waals surface area (Å²) in [5.74, 6) is 0.0899. The van der Waals surface area contributed by atoms with Gasteiger partial charge in [-0.3, -0.25) is 9.59 Å². The number of ether oxygens (including phenoxy) is 2. The molecular weight excluding hydrogens is 552 g/mol. The molecule has 0 aromatic heterocycles. The van der Waals surface area contributed by atoms with Crippen LogP contribution in [-0.2, 0) is 19.1 Å². The van der Waals surface area contributed by atoms with Gasteiger partial charge in [0.1, 0.15) is 19.3 Å². The van der Waals surface area contributed by atoms with Crippen molar-refractivity contribution in [2.45, 2.75) is 174 Å². The van der Waals surface area contributed by atoms with Gasteiger partial charge >= 0.3 is 11.9 Å². The highest BCUT2D eigenvalue weighted by Gasteiger charge is 2.12. The Hall–Kier alpha value is -1.92. The molecule has 0 rings (SSSR count). The van der Waals surface area contributed by atoms with Gasteiger partial charge in [0.25, 0.3) is 0 Å². The molecule has 0 spiro atoms. The Morgan fingerprint density at radius 1 is 0.636 bits per heavy atom. The normalized spacial score (nSPS) is 14.0. The first-order valence-corrected chi connectivity index (χ1v) is 18.0. The number of unbranched alkanes of at least 4 members (excludes halogenated alkanes) is 13. The lowest BCUT2D eigenvalue weighted by atomic mass is 9.99. The van der Waals surface area contributed by atoms with Crippen LogP contribution in [0.25, 0.3) is 0 Å². The van der Waals surface area contributed by atoms with E-state index in [0.717, 1.165) is 38.0 Å². The van der Waals surface area contributed by atoms with Gasteiger partial charge in [-0.15, -0.1) is 0 Å². The van der Waals surface area contributed by atoms with E-state index in [-0.39, 0.29) is 25.6 Å². The molecule has 6 heteroatoms. The van der Waals surface area contributed by atoms with Gasteiger partial charge in [0.05, 0.1) is 6.10 Å². The molecule has 0 saturated heterocycles. The molecule has 0 amide bonds. The van der Waals surface area contributed by atoms with Gasteiger partial charge in [-0.25, -0.2) is 0 Å². The van der Waals surface area contributed by atoms with Gasteiger partial charge in [0.15, 0.2) is 0 Å².